The van der Waals surface area contributed by atoms with E-state index in [0.717, 1.165) is 9.13 Å². The zero-order valence-electron chi connectivity index (χ0n) is 11.1. The van der Waals surface area contributed by atoms with Crippen molar-refractivity contribution in [3.05, 3.63) is 36.4 Å². The Morgan fingerprint density at radius 3 is 2.82 bits per heavy atom. The standard InChI is InChI=1S/C10H12IN7O4/c11-5-3-17(4-6(12)9(20)21)10(22)18(8(5)19)2-1-7-13-15-16-14-7/h3,6H,1-2,4,12H2,(H,20,21)(H,13,14,15,16)/t6-/m0/s1. The lowest BCUT2D eigenvalue weighted by molar-refractivity contribution is -0.138. The van der Waals surface area contributed by atoms with Crippen LogP contribution in [0.15, 0.2) is 15.8 Å². The van der Waals surface area contributed by atoms with Gasteiger partial charge in [0.1, 0.15) is 6.04 Å². The second kappa shape index (κ2) is 6.78. The van der Waals surface area contributed by atoms with E-state index in [-0.39, 0.29) is 23.1 Å². The Bertz CT molecular complexity index is 782. The molecule has 0 bridgehead atoms. The molecule has 2 aromatic rings. The van der Waals surface area contributed by atoms with Crippen molar-refractivity contribution in [2.24, 2.45) is 5.73 Å². The summed E-state index contributed by atoms with van der Waals surface area (Å²) in [6.07, 6.45) is 1.52. The molecule has 2 heterocycles. The highest BCUT2D eigenvalue weighted by molar-refractivity contribution is 14.1. The summed E-state index contributed by atoms with van der Waals surface area (Å²) in [6.45, 7) is -0.178. The molecule has 0 spiro atoms. The molecule has 1 atom stereocenters. The van der Waals surface area contributed by atoms with Crippen LogP contribution in [0.5, 0.6) is 0 Å². The van der Waals surface area contributed by atoms with Gasteiger partial charge in [-0.15, -0.1) is 10.2 Å². The summed E-state index contributed by atoms with van der Waals surface area (Å²) in [6, 6.07) is -1.24. The molecule has 0 aliphatic rings. The molecule has 2 rings (SSSR count). The summed E-state index contributed by atoms with van der Waals surface area (Å²) in [4.78, 5) is 35.1. The fourth-order valence-electron chi connectivity index (χ4n) is 1.74. The van der Waals surface area contributed by atoms with E-state index in [4.69, 9.17) is 10.8 Å². The highest BCUT2D eigenvalue weighted by Crippen LogP contribution is 1.97. The van der Waals surface area contributed by atoms with Crippen molar-refractivity contribution in [2.75, 3.05) is 0 Å². The molecule has 118 valence electrons. The molecular formula is C10H12IN7O4. The Labute approximate surface area is 136 Å². The highest BCUT2D eigenvalue weighted by atomic mass is 127. The van der Waals surface area contributed by atoms with Crippen LogP contribution in [0.2, 0.25) is 0 Å². The van der Waals surface area contributed by atoms with Gasteiger partial charge in [0.2, 0.25) is 0 Å². The number of nitrogens with two attached hydrogens (primary N) is 1. The first-order chi connectivity index (χ1) is 10.4. The maximum absolute atomic E-state index is 12.3. The second-order valence-electron chi connectivity index (χ2n) is 4.39. The molecule has 0 radical (unpaired) electrons. The summed E-state index contributed by atoms with van der Waals surface area (Å²) in [5, 5.41) is 21.9. The van der Waals surface area contributed by atoms with Crippen molar-refractivity contribution in [1.82, 2.24) is 29.8 Å². The van der Waals surface area contributed by atoms with E-state index < -0.39 is 23.3 Å². The minimum atomic E-state index is -1.24. The minimum absolute atomic E-state index is 0.0519. The number of aryl methyl sites for hydroxylation is 1. The predicted octanol–water partition coefficient (Wildman–Crippen LogP) is -2.22. The van der Waals surface area contributed by atoms with Crippen molar-refractivity contribution in [3.8, 4) is 0 Å². The maximum Gasteiger partial charge on any atom is 0.331 e. The monoisotopic (exact) mass is 421 g/mol. The Morgan fingerprint density at radius 1 is 1.50 bits per heavy atom. The largest absolute Gasteiger partial charge is 0.480 e. The number of tetrazole rings is 1. The number of nitrogens with one attached hydrogen (secondary N) is 1. The van der Waals surface area contributed by atoms with Crippen LogP contribution in [0.3, 0.4) is 0 Å². The van der Waals surface area contributed by atoms with Crippen LogP contribution in [0.1, 0.15) is 5.82 Å². The quantitative estimate of drug-likeness (QED) is 0.442. The van der Waals surface area contributed by atoms with Gasteiger partial charge in [-0.2, -0.15) is 5.21 Å². The van der Waals surface area contributed by atoms with Gasteiger partial charge in [-0.05, 0) is 22.6 Å². The molecular weight excluding hydrogens is 409 g/mol. The normalized spacial score (nSPS) is 12.3. The molecule has 0 saturated carbocycles. The highest BCUT2D eigenvalue weighted by Gasteiger charge is 2.16. The minimum Gasteiger partial charge on any atom is -0.480 e. The summed E-state index contributed by atoms with van der Waals surface area (Å²) >= 11 is 1.78. The van der Waals surface area contributed by atoms with Crippen LogP contribution in [0, 0.1) is 3.57 Å². The van der Waals surface area contributed by atoms with Gasteiger partial charge in [0.05, 0.1) is 10.1 Å². The second-order valence-corrected chi connectivity index (χ2v) is 5.55. The van der Waals surface area contributed by atoms with Crippen molar-refractivity contribution < 1.29 is 9.90 Å². The lowest BCUT2D eigenvalue weighted by Gasteiger charge is -2.12. The first kappa shape index (κ1) is 16.3. The third kappa shape index (κ3) is 3.56. The number of nitrogens with zero attached hydrogens (tertiary/aromatic N) is 5. The molecule has 4 N–H and O–H groups in total. The topological polar surface area (TPSA) is 162 Å². The zero-order chi connectivity index (χ0) is 16.3. The Balaban J connectivity index is 2.32. The number of H-pyrrole nitrogens is 1. The summed E-state index contributed by atoms with van der Waals surface area (Å²) in [7, 11) is 0. The number of hydrogen-bond donors (Lipinski definition) is 3. The molecule has 0 fully saturated rings. The van der Waals surface area contributed by atoms with E-state index in [1.54, 1.807) is 22.6 Å². The van der Waals surface area contributed by atoms with Gasteiger partial charge >= 0.3 is 11.7 Å². The number of hydrogen-bond acceptors (Lipinski definition) is 7. The van der Waals surface area contributed by atoms with E-state index >= 15 is 0 Å². The van der Waals surface area contributed by atoms with Crippen LogP contribution in [-0.4, -0.2) is 46.9 Å². The average Bonchev–Trinajstić information content (AvgIpc) is 2.97. The van der Waals surface area contributed by atoms with Crippen molar-refractivity contribution >= 4 is 28.6 Å². The van der Waals surface area contributed by atoms with Gasteiger partial charge in [0.25, 0.3) is 5.56 Å². The maximum atomic E-state index is 12.3. The number of carbonyl (C=O) groups is 1. The molecule has 11 nitrogen and oxygen atoms in total. The van der Waals surface area contributed by atoms with E-state index in [1.165, 1.54) is 6.20 Å². The molecule has 2 aromatic heterocycles. The third-order valence-corrected chi connectivity index (χ3v) is 3.59. The zero-order valence-corrected chi connectivity index (χ0v) is 13.3. The lowest BCUT2D eigenvalue weighted by atomic mass is 10.3. The number of aromatic amines is 1. The number of halogens is 1. The van der Waals surface area contributed by atoms with Gasteiger partial charge in [0, 0.05) is 19.2 Å². The van der Waals surface area contributed by atoms with E-state index in [9.17, 15) is 14.4 Å². The Kier molecular flexibility index (Phi) is 5.02. The molecule has 0 aromatic carbocycles. The first-order valence-corrected chi connectivity index (χ1v) is 7.18. The fraction of sp³-hybridized carbons (Fsp3) is 0.400. The molecule has 0 aliphatic heterocycles. The van der Waals surface area contributed by atoms with Gasteiger partial charge in [0.15, 0.2) is 5.82 Å². The van der Waals surface area contributed by atoms with Crippen LogP contribution in [0.4, 0.5) is 0 Å². The summed E-state index contributed by atoms with van der Waals surface area (Å²) in [5.41, 5.74) is 4.33. The number of carboxylic acid groups (broad SMARTS) is 1. The summed E-state index contributed by atoms with van der Waals surface area (Å²) in [5.74, 6) is -0.870. The Hall–Kier alpha value is -2.09. The number of carboxylic acids is 1. The van der Waals surface area contributed by atoms with Crippen LogP contribution in [-0.2, 0) is 24.3 Å². The van der Waals surface area contributed by atoms with Gasteiger partial charge in [-0.3, -0.25) is 18.7 Å². The first-order valence-electron chi connectivity index (χ1n) is 6.10. The van der Waals surface area contributed by atoms with Gasteiger partial charge in [-0.1, -0.05) is 5.21 Å². The lowest BCUT2D eigenvalue weighted by Crippen LogP contribution is -2.45. The van der Waals surface area contributed by atoms with E-state index in [0.29, 0.717) is 5.82 Å². The van der Waals surface area contributed by atoms with E-state index in [1.807, 2.05) is 0 Å². The third-order valence-electron chi connectivity index (χ3n) is 2.85. The van der Waals surface area contributed by atoms with Crippen molar-refractivity contribution in [3.63, 3.8) is 0 Å². The number of aliphatic carboxylic acids is 1. The molecule has 12 heteroatoms. The number of aromatic nitrogens is 6. The van der Waals surface area contributed by atoms with Crippen molar-refractivity contribution in [1.29, 1.82) is 0 Å². The summed E-state index contributed by atoms with van der Waals surface area (Å²) < 4.78 is 2.38. The van der Waals surface area contributed by atoms with Gasteiger partial charge in [-0.25, -0.2) is 4.79 Å². The van der Waals surface area contributed by atoms with Crippen LogP contribution >= 0.6 is 22.6 Å². The molecule has 22 heavy (non-hydrogen) atoms. The molecule has 0 saturated heterocycles. The SMILES string of the molecule is N[C@@H](Cn1cc(I)c(=O)n(CCc2nn[nH]n2)c1=O)C(=O)O. The molecule has 0 aliphatic carbocycles. The van der Waals surface area contributed by atoms with Crippen LogP contribution < -0.4 is 17.0 Å². The smallest absolute Gasteiger partial charge is 0.331 e. The number of rotatable bonds is 6. The van der Waals surface area contributed by atoms with Crippen LogP contribution in [0.25, 0.3) is 0 Å². The fourth-order valence-corrected chi connectivity index (χ4v) is 2.36. The predicted molar refractivity (Wildman–Crippen MR) is 81.2 cm³/mol. The van der Waals surface area contributed by atoms with Gasteiger partial charge < -0.3 is 10.8 Å². The molecule has 0 unspecified atom stereocenters. The van der Waals surface area contributed by atoms with E-state index in [2.05, 4.69) is 20.6 Å². The van der Waals surface area contributed by atoms with Crippen molar-refractivity contribution in [2.45, 2.75) is 25.6 Å². The average molecular weight is 421 g/mol. The Morgan fingerprint density at radius 2 is 2.23 bits per heavy atom. The molecule has 0 amide bonds.